The van der Waals surface area contributed by atoms with Crippen LogP contribution in [0.15, 0.2) is 24.3 Å². The molecule has 3 rings (SSSR count). The first-order chi connectivity index (χ1) is 12.7. The second kappa shape index (κ2) is 8.98. The number of halogens is 1. The van der Waals surface area contributed by atoms with E-state index in [0.29, 0.717) is 17.4 Å². The number of anilines is 2. The van der Waals surface area contributed by atoms with Crippen LogP contribution in [0.2, 0.25) is 5.02 Å². The summed E-state index contributed by atoms with van der Waals surface area (Å²) >= 11 is 5.90. The van der Waals surface area contributed by atoms with Gasteiger partial charge >= 0.3 is 5.97 Å². The Hall–Kier alpha value is -2.16. The molecule has 1 aromatic heterocycles. The van der Waals surface area contributed by atoms with Crippen molar-refractivity contribution in [2.75, 3.05) is 45.3 Å². The lowest BCUT2D eigenvalue weighted by Crippen LogP contribution is -2.37. The van der Waals surface area contributed by atoms with Crippen molar-refractivity contribution in [3.63, 3.8) is 0 Å². The molecule has 1 aromatic carbocycles. The summed E-state index contributed by atoms with van der Waals surface area (Å²) in [6.45, 7) is 5.01. The molecule has 140 valence electrons. The maximum absolute atomic E-state index is 12.0. The molecule has 0 radical (unpaired) electrons. The highest BCUT2D eigenvalue weighted by atomic mass is 35.5. The molecular formula is C17H22ClN5O3. The lowest BCUT2D eigenvalue weighted by molar-refractivity contribution is 0.0366. The van der Waals surface area contributed by atoms with Crippen molar-refractivity contribution in [2.24, 2.45) is 0 Å². The average Bonchev–Trinajstić information content (AvgIpc) is 3.06. The minimum Gasteiger partial charge on any atom is -0.464 e. The smallest absolute Gasteiger partial charge is 0.362 e. The van der Waals surface area contributed by atoms with Gasteiger partial charge in [-0.3, -0.25) is 4.90 Å². The van der Waals surface area contributed by atoms with Crippen LogP contribution < -0.4 is 5.32 Å². The molecule has 8 nitrogen and oxygen atoms in total. The zero-order valence-corrected chi connectivity index (χ0v) is 15.4. The van der Waals surface area contributed by atoms with Crippen molar-refractivity contribution >= 4 is 29.1 Å². The number of aromatic nitrogens is 3. The number of rotatable bonds is 7. The van der Waals surface area contributed by atoms with Crippen LogP contribution in [0.3, 0.4) is 0 Å². The summed E-state index contributed by atoms with van der Waals surface area (Å²) in [6, 6.07) is 7.13. The van der Waals surface area contributed by atoms with E-state index >= 15 is 0 Å². The largest absolute Gasteiger partial charge is 0.464 e. The van der Waals surface area contributed by atoms with Crippen molar-refractivity contribution in [3.8, 4) is 0 Å². The molecule has 0 bridgehead atoms. The van der Waals surface area contributed by atoms with E-state index in [1.165, 1.54) is 11.9 Å². The number of esters is 1. The quantitative estimate of drug-likeness (QED) is 0.738. The Morgan fingerprint density at radius 3 is 2.65 bits per heavy atom. The molecule has 1 saturated heterocycles. The number of benzene rings is 1. The Balaban J connectivity index is 1.65. The number of carbonyl (C=O) groups is 1. The Morgan fingerprint density at radius 1 is 1.23 bits per heavy atom. The molecule has 26 heavy (non-hydrogen) atoms. The summed E-state index contributed by atoms with van der Waals surface area (Å²) < 4.78 is 10.2. The zero-order valence-electron chi connectivity index (χ0n) is 14.7. The van der Waals surface area contributed by atoms with Gasteiger partial charge in [0.05, 0.1) is 26.9 Å². The number of carbonyl (C=O) groups excluding carboxylic acids is 1. The lowest BCUT2D eigenvalue weighted by atomic mass is 10.3. The van der Waals surface area contributed by atoms with Crippen molar-refractivity contribution in [1.82, 2.24) is 19.9 Å². The molecule has 9 heteroatoms. The van der Waals surface area contributed by atoms with Gasteiger partial charge in [-0.25, -0.2) is 4.79 Å². The molecule has 1 aliphatic rings. The van der Waals surface area contributed by atoms with E-state index in [-0.39, 0.29) is 5.69 Å². The Labute approximate surface area is 157 Å². The number of hydrogen-bond donors (Lipinski definition) is 1. The van der Waals surface area contributed by atoms with E-state index in [1.54, 1.807) is 24.3 Å². The second-order valence-electron chi connectivity index (χ2n) is 5.92. The molecule has 0 saturated carbocycles. The van der Waals surface area contributed by atoms with Gasteiger partial charge in [-0.1, -0.05) is 11.6 Å². The summed E-state index contributed by atoms with van der Waals surface area (Å²) in [5, 5.41) is 12.4. The molecule has 1 aliphatic heterocycles. The number of ether oxygens (including phenoxy) is 2. The van der Waals surface area contributed by atoms with Crippen LogP contribution in [0, 0.1) is 0 Å². The van der Waals surface area contributed by atoms with E-state index in [4.69, 9.17) is 21.1 Å². The normalized spacial score (nSPS) is 15.0. The topological polar surface area (TPSA) is 81.5 Å². The van der Waals surface area contributed by atoms with Gasteiger partial charge in [-0.05, 0) is 30.7 Å². The average molecular weight is 380 g/mol. The lowest BCUT2D eigenvalue weighted by Gasteiger charge is -2.26. The molecule has 0 spiro atoms. The van der Waals surface area contributed by atoms with E-state index < -0.39 is 5.97 Å². The van der Waals surface area contributed by atoms with Gasteiger partial charge in [0.15, 0.2) is 5.82 Å². The zero-order chi connectivity index (χ0) is 18.4. The van der Waals surface area contributed by atoms with Crippen LogP contribution in [-0.4, -0.2) is 65.8 Å². The fourth-order valence-electron chi connectivity index (χ4n) is 2.70. The van der Waals surface area contributed by atoms with E-state index in [2.05, 4.69) is 20.4 Å². The first kappa shape index (κ1) is 18.6. The molecule has 0 atom stereocenters. The van der Waals surface area contributed by atoms with Crippen LogP contribution >= 0.6 is 11.6 Å². The fraction of sp³-hybridized carbons (Fsp3) is 0.471. The van der Waals surface area contributed by atoms with Crippen LogP contribution in [-0.2, 0) is 16.0 Å². The van der Waals surface area contributed by atoms with Crippen molar-refractivity contribution in [1.29, 1.82) is 0 Å². The Bertz CT molecular complexity index is 728. The first-order valence-electron chi connectivity index (χ1n) is 8.52. The van der Waals surface area contributed by atoms with E-state index in [9.17, 15) is 4.79 Å². The molecule has 0 amide bonds. The van der Waals surface area contributed by atoms with Crippen LogP contribution in [0.25, 0.3) is 0 Å². The summed E-state index contributed by atoms with van der Waals surface area (Å²) in [5.41, 5.74) is 0.925. The number of aryl methyl sites for hydroxylation is 1. The van der Waals surface area contributed by atoms with E-state index in [1.807, 2.05) is 0 Å². The predicted molar refractivity (Wildman–Crippen MR) is 98.0 cm³/mol. The van der Waals surface area contributed by atoms with Crippen LogP contribution in [0.5, 0.6) is 0 Å². The van der Waals surface area contributed by atoms with Crippen LogP contribution in [0.4, 0.5) is 11.5 Å². The van der Waals surface area contributed by atoms with Crippen molar-refractivity contribution in [2.45, 2.75) is 13.0 Å². The number of morpholine rings is 1. The standard InChI is InChI=1S/C17H22ClN5O3/c1-25-17(24)15-16(19-14-5-3-13(18)4-6-14)21-23(20-15)8-2-7-22-9-11-26-12-10-22/h3-6H,2,7-12H2,1H3,(H,19,21). The van der Waals surface area contributed by atoms with Gasteiger partial charge in [0, 0.05) is 30.3 Å². The molecule has 0 aliphatic carbocycles. The molecule has 2 heterocycles. The monoisotopic (exact) mass is 379 g/mol. The van der Waals surface area contributed by atoms with Gasteiger partial charge in [-0.2, -0.15) is 4.80 Å². The van der Waals surface area contributed by atoms with Gasteiger partial charge < -0.3 is 14.8 Å². The number of nitrogens with one attached hydrogen (secondary N) is 1. The highest BCUT2D eigenvalue weighted by Gasteiger charge is 2.20. The van der Waals surface area contributed by atoms with Gasteiger partial charge in [-0.15, -0.1) is 10.2 Å². The van der Waals surface area contributed by atoms with Crippen LogP contribution in [0.1, 0.15) is 16.9 Å². The third-order valence-corrected chi connectivity index (χ3v) is 4.33. The highest BCUT2D eigenvalue weighted by molar-refractivity contribution is 6.30. The minimum absolute atomic E-state index is 0.161. The highest BCUT2D eigenvalue weighted by Crippen LogP contribution is 2.20. The number of methoxy groups -OCH3 is 1. The molecule has 2 aromatic rings. The van der Waals surface area contributed by atoms with E-state index in [0.717, 1.165) is 45.0 Å². The predicted octanol–water partition coefficient (Wildman–Crippen LogP) is 2.18. The van der Waals surface area contributed by atoms with Gasteiger partial charge in [0.1, 0.15) is 0 Å². The summed E-state index contributed by atoms with van der Waals surface area (Å²) in [4.78, 5) is 15.9. The Morgan fingerprint density at radius 2 is 1.96 bits per heavy atom. The SMILES string of the molecule is COC(=O)c1nn(CCCN2CCOCC2)nc1Nc1ccc(Cl)cc1. The third-order valence-electron chi connectivity index (χ3n) is 4.08. The molecule has 1 N–H and O–H groups in total. The second-order valence-corrected chi connectivity index (χ2v) is 6.36. The maximum atomic E-state index is 12.0. The molecular weight excluding hydrogens is 358 g/mol. The maximum Gasteiger partial charge on any atom is 0.362 e. The summed E-state index contributed by atoms with van der Waals surface area (Å²) in [7, 11) is 1.33. The molecule has 0 unspecified atom stereocenters. The van der Waals surface area contributed by atoms with Gasteiger partial charge in [0.2, 0.25) is 5.69 Å². The number of nitrogens with zero attached hydrogens (tertiary/aromatic N) is 4. The minimum atomic E-state index is -0.527. The first-order valence-corrected chi connectivity index (χ1v) is 8.89. The summed E-state index contributed by atoms with van der Waals surface area (Å²) in [6.07, 6.45) is 0.885. The fourth-order valence-corrected chi connectivity index (χ4v) is 2.82. The van der Waals surface area contributed by atoms with Crippen molar-refractivity contribution < 1.29 is 14.3 Å². The van der Waals surface area contributed by atoms with Gasteiger partial charge in [0.25, 0.3) is 0 Å². The third kappa shape index (κ3) is 4.94. The summed E-state index contributed by atoms with van der Waals surface area (Å²) in [5.74, 6) is -0.161. The molecule has 1 fully saturated rings. The Kier molecular flexibility index (Phi) is 6.43. The number of hydrogen-bond acceptors (Lipinski definition) is 7. The van der Waals surface area contributed by atoms with Crippen molar-refractivity contribution in [3.05, 3.63) is 35.0 Å².